The minimum atomic E-state index is 0.528. The number of anilines is 5. The Morgan fingerprint density at radius 1 is 0.970 bits per heavy atom. The normalized spacial score (nSPS) is 10.2. The first-order valence-corrected chi connectivity index (χ1v) is 11.8. The number of rotatable bonds is 9. The Hall–Kier alpha value is -3.28. The number of hydrogen-bond acceptors (Lipinski definition) is 6. The van der Waals surface area contributed by atoms with Crippen LogP contribution in [0, 0.1) is 6.92 Å². The molecule has 2 N–H and O–H groups in total. The molecule has 178 valence electrons. The molecular weight excluding hydrogens is 410 g/mol. The van der Waals surface area contributed by atoms with Crippen molar-refractivity contribution >= 4 is 28.8 Å². The molecule has 33 heavy (non-hydrogen) atoms. The molecule has 0 radical (unpaired) electrons. The van der Waals surface area contributed by atoms with Gasteiger partial charge in [0.15, 0.2) is 0 Å². The van der Waals surface area contributed by atoms with Crippen LogP contribution in [0.15, 0.2) is 42.6 Å². The summed E-state index contributed by atoms with van der Waals surface area (Å²) in [5.74, 6) is 2.10. The Labute approximate surface area is 199 Å². The van der Waals surface area contributed by atoms with Gasteiger partial charge in [-0.25, -0.2) is 4.98 Å². The number of nitrogens with zero attached hydrogens (tertiary/aromatic N) is 3. The third-order valence-corrected chi connectivity index (χ3v) is 5.28. The summed E-state index contributed by atoms with van der Waals surface area (Å²) in [6.45, 7) is 10.4. The van der Waals surface area contributed by atoms with E-state index >= 15 is 0 Å². The van der Waals surface area contributed by atoms with Crippen molar-refractivity contribution < 1.29 is 4.74 Å². The van der Waals surface area contributed by atoms with E-state index in [4.69, 9.17) is 9.72 Å². The van der Waals surface area contributed by atoms with Gasteiger partial charge in [-0.3, -0.25) is 0 Å². The molecule has 6 heteroatoms. The van der Waals surface area contributed by atoms with Crippen LogP contribution in [-0.2, 0) is 12.8 Å². The number of ether oxygens (including phenoxy) is 1. The third kappa shape index (κ3) is 6.60. The molecule has 0 amide bonds. The molecule has 0 aliphatic rings. The van der Waals surface area contributed by atoms with Gasteiger partial charge in [0.1, 0.15) is 11.6 Å². The van der Waals surface area contributed by atoms with Crippen molar-refractivity contribution in [2.75, 3.05) is 36.7 Å². The molecule has 0 saturated carbocycles. The Morgan fingerprint density at radius 3 is 2.33 bits per heavy atom. The lowest BCUT2D eigenvalue weighted by Crippen LogP contribution is -2.11. The summed E-state index contributed by atoms with van der Waals surface area (Å²) < 4.78 is 5.65. The van der Waals surface area contributed by atoms with Gasteiger partial charge in [0.05, 0.1) is 24.2 Å². The molecule has 0 bridgehead atoms. The van der Waals surface area contributed by atoms with E-state index in [0.29, 0.717) is 5.95 Å². The van der Waals surface area contributed by atoms with Crippen LogP contribution in [0.5, 0.6) is 5.75 Å². The monoisotopic (exact) mass is 449 g/mol. The smallest absolute Gasteiger partial charge is 0.229 e. The zero-order valence-corrected chi connectivity index (χ0v) is 21.4. The topological polar surface area (TPSA) is 62.3 Å². The highest BCUT2D eigenvalue weighted by Crippen LogP contribution is 2.32. The summed E-state index contributed by atoms with van der Waals surface area (Å²) in [4.78, 5) is 11.3. The van der Waals surface area contributed by atoms with E-state index in [0.717, 1.165) is 53.5 Å². The van der Waals surface area contributed by atoms with Crippen LogP contribution < -0.4 is 20.3 Å². The van der Waals surface area contributed by atoms with Gasteiger partial charge in [-0.05, 0) is 55.2 Å². The van der Waals surface area contributed by atoms with Crippen LogP contribution in [0.4, 0.5) is 28.8 Å². The van der Waals surface area contributed by atoms with E-state index in [1.54, 1.807) is 7.11 Å². The van der Waals surface area contributed by atoms with Crippen LogP contribution in [0.2, 0.25) is 0 Å². The van der Waals surface area contributed by atoms with Crippen LogP contribution >= 0.6 is 0 Å². The van der Waals surface area contributed by atoms with Crippen molar-refractivity contribution in [1.29, 1.82) is 0 Å². The fourth-order valence-corrected chi connectivity index (χ4v) is 3.61. The van der Waals surface area contributed by atoms with E-state index in [9.17, 15) is 0 Å². The minimum absolute atomic E-state index is 0.528. The van der Waals surface area contributed by atoms with Gasteiger partial charge in [0.2, 0.25) is 5.95 Å². The van der Waals surface area contributed by atoms with Crippen LogP contribution in [0.3, 0.4) is 0 Å². The van der Waals surface area contributed by atoms with Crippen LogP contribution in [0.25, 0.3) is 0 Å². The molecule has 3 rings (SSSR count). The first-order valence-electron chi connectivity index (χ1n) is 11.8. The van der Waals surface area contributed by atoms with Gasteiger partial charge >= 0.3 is 0 Å². The van der Waals surface area contributed by atoms with Gasteiger partial charge in [0, 0.05) is 25.9 Å². The lowest BCUT2D eigenvalue weighted by Gasteiger charge is -2.19. The Bertz CT molecular complexity index is 1030. The van der Waals surface area contributed by atoms with Crippen LogP contribution in [-0.4, -0.2) is 31.2 Å². The number of aryl methyl sites for hydroxylation is 3. The van der Waals surface area contributed by atoms with Crippen molar-refractivity contribution in [2.24, 2.45) is 0 Å². The second-order valence-corrected chi connectivity index (χ2v) is 7.81. The first-order chi connectivity index (χ1) is 16.0. The first kappa shape index (κ1) is 26.0. The summed E-state index contributed by atoms with van der Waals surface area (Å²) in [6.07, 6.45) is 4.94. The second kappa shape index (κ2) is 12.7. The predicted octanol–water partition coefficient (Wildman–Crippen LogP) is 6.89. The lowest BCUT2D eigenvalue weighted by atomic mass is 9.99. The largest absolute Gasteiger partial charge is 0.495 e. The summed E-state index contributed by atoms with van der Waals surface area (Å²) in [5, 5.41) is 6.83. The number of benzene rings is 2. The van der Waals surface area contributed by atoms with Gasteiger partial charge < -0.3 is 20.3 Å². The SMILES string of the molecule is CC.CCCc1cc(Nc2ncc(C)c(Nc3ccccc3N(C)C)n2)c(OC)cc1CC. The van der Waals surface area contributed by atoms with Gasteiger partial charge in [-0.2, -0.15) is 4.98 Å². The zero-order chi connectivity index (χ0) is 24.4. The van der Waals surface area contributed by atoms with Crippen molar-refractivity contribution in [3.63, 3.8) is 0 Å². The maximum atomic E-state index is 5.65. The molecule has 0 fully saturated rings. The van der Waals surface area contributed by atoms with Crippen LogP contribution in [0.1, 0.15) is 50.8 Å². The summed E-state index contributed by atoms with van der Waals surface area (Å²) in [6, 6.07) is 12.5. The van der Waals surface area contributed by atoms with E-state index in [-0.39, 0.29) is 0 Å². The van der Waals surface area contributed by atoms with Crippen molar-refractivity contribution in [3.8, 4) is 5.75 Å². The lowest BCUT2D eigenvalue weighted by molar-refractivity contribution is 0.416. The second-order valence-electron chi connectivity index (χ2n) is 7.81. The molecule has 0 aliphatic carbocycles. The Kier molecular flexibility index (Phi) is 9.98. The third-order valence-electron chi connectivity index (χ3n) is 5.28. The van der Waals surface area contributed by atoms with Gasteiger partial charge in [-0.15, -0.1) is 0 Å². The fraction of sp³-hybridized carbons (Fsp3) is 0.407. The van der Waals surface area contributed by atoms with E-state index in [1.807, 2.05) is 59.3 Å². The number of nitrogens with one attached hydrogen (secondary N) is 2. The summed E-state index contributed by atoms with van der Waals surface area (Å²) in [5.41, 5.74) is 6.59. The van der Waals surface area contributed by atoms with Gasteiger partial charge in [-0.1, -0.05) is 46.2 Å². The standard InChI is InChI=1S/C25H33N5O.C2H6/c1-7-11-19-14-21(23(31-6)15-18(19)8-2)28-25-26-16-17(3)24(29-25)27-20-12-9-10-13-22(20)30(4)5;1-2/h9-10,12-16H,7-8,11H2,1-6H3,(H2,26,27,28,29);1-2H3. The average molecular weight is 450 g/mol. The Morgan fingerprint density at radius 2 is 1.70 bits per heavy atom. The molecular formula is C27H39N5O. The minimum Gasteiger partial charge on any atom is -0.495 e. The highest BCUT2D eigenvalue weighted by Gasteiger charge is 2.13. The highest BCUT2D eigenvalue weighted by molar-refractivity contribution is 5.75. The number of methoxy groups -OCH3 is 1. The highest BCUT2D eigenvalue weighted by atomic mass is 16.5. The summed E-state index contributed by atoms with van der Waals surface area (Å²) >= 11 is 0. The average Bonchev–Trinajstić information content (AvgIpc) is 2.83. The molecule has 0 spiro atoms. The molecule has 2 aromatic carbocycles. The summed E-state index contributed by atoms with van der Waals surface area (Å²) in [7, 11) is 5.75. The van der Waals surface area contributed by atoms with Crippen molar-refractivity contribution in [2.45, 2.75) is 53.9 Å². The van der Waals surface area contributed by atoms with Gasteiger partial charge in [0.25, 0.3) is 0 Å². The number of para-hydroxylation sites is 2. The van der Waals surface area contributed by atoms with E-state index in [1.165, 1.54) is 11.1 Å². The van der Waals surface area contributed by atoms with Crippen molar-refractivity contribution in [3.05, 3.63) is 59.3 Å². The quantitative estimate of drug-likeness (QED) is 0.371. The molecule has 0 saturated heterocycles. The Balaban J connectivity index is 0.00000187. The number of hydrogen-bond donors (Lipinski definition) is 2. The molecule has 0 unspecified atom stereocenters. The fourth-order valence-electron chi connectivity index (χ4n) is 3.61. The van der Waals surface area contributed by atoms with E-state index in [2.05, 4.69) is 52.6 Å². The molecule has 3 aromatic rings. The maximum Gasteiger partial charge on any atom is 0.229 e. The molecule has 0 atom stereocenters. The van der Waals surface area contributed by atoms with E-state index < -0.39 is 0 Å². The van der Waals surface area contributed by atoms with Crippen molar-refractivity contribution in [1.82, 2.24) is 9.97 Å². The molecule has 1 heterocycles. The molecule has 1 aromatic heterocycles. The maximum absolute atomic E-state index is 5.65. The molecule has 6 nitrogen and oxygen atoms in total. The molecule has 0 aliphatic heterocycles. The number of aromatic nitrogens is 2. The predicted molar refractivity (Wildman–Crippen MR) is 142 cm³/mol. The zero-order valence-electron chi connectivity index (χ0n) is 21.4.